The number of hydrogen-bond acceptors (Lipinski definition) is 4. The lowest BCUT2D eigenvalue weighted by atomic mass is 9.78. The molecule has 0 spiro atoms. The van der Waals surface area contributed by atoms with E-state index in [2.05, 4.69) is 0 Å². The molecule has 0 saturated heterocycles. The van der Waals surface area contributed by atoms with E-state index in [-0.39, 0.29) is 0 Å². The number of carbonyl (C=O) groups excluding carboxylic acids is 1. The minimum atomic E-state index is -4.82. The second kappa shape index (κ2) is 7.93. The molecule has 4 nitrogen and oxygen atoms in total. The van der Waals surface area contributed by atoms with Crippen LogP contribution >= 0.6 is 11.6 Å². The molecule has 31 heavy (non-hydrogen) atoms. The number of carbonyl (C=O) groups is 1. The molecule has 0 bridgehead atoms. The van der Waals surface area contributed by atoms with Gasteiger partial charge >= 0.3 is 6.18 Å². The van der Waals surface area contributed by atoms with Crippen LogP contribution in [0.3, 0.4) is 0 Å². The van der Waals surface area contributed by atoms with Crippen molar-refractivity contribution in [1.82, 2.24) is 0 Å². The van der Waals surface area contributed by atoms with Gasteiger partial charge in [-0.25, -0.2) is 0 Å². The Morgan fingerprint density at radius 3 is 2.35 bits per heavy atom. The van der Waals surface area contributed by atoms with Gasteiger partial charge in [-0.15, -0.1) is 0 Å². The Hall–Kier alpha value is -2.98. The molecule has 0 aliphatic heterocycles. The van der Waals surface area contributed by atoms with E-state index in [1.807, 2.05) is 12.1 Å². The fraction of sp³-hybridized carbons (Fsp3) is 0.304. The summed E-state index contributed by atoms with van der Waals surface area (Å²) in [7, 11) is 0. The number of aliphatic carboxylic acids is 1. The van der Waals surface area contributed by atoms with Gasteiger partial charge in [0.25, 0.3) is 0 Å². The number of allylic oxidation sites excluding steroid dienone is 2. The molecule has 3 unspecified atom stereocenters. The van der Waals surface area contributed by atoms with Crippen LogP contribution in [-0.2, 0) is 4.79 Å². The zero-order valence-electron chi connectivity index (χ0n) is 16.6. The lowest BCUT2D eigenvalue weighted by molar-refractivity contribution is -0.316. The second-order valence-corrected chi connectivity index (χ2v) is 8.33. The Kier molecular flexibility index (Phi) is 5.81. The van der Waals surface area contributed by atoms with Crippen molar-refractivity contribution < 1.29 is 27.8 Å². The summed E-state index contributed by atoms with van der Waals surface area (Å²) >= 11 is 5.38. The topological polar surface area (TPSA) is 73.1 Å². The summed E-state index contributed by atoms with van der Waals surface area (Å²) in [6.07, 6.45) is -4.14. The zero-order chi connectivity index (χ0) is 23.0. The molecular weight excluding hydrogens is 431 g/mol. The lowest BCUT2D eigenvalue weighted by Gasteiger charge is -2.27. The SMILES string of the molecule is CC1(C)C(/C=C(\Cl)C(F)(F)F)C1(C(=O)[O-])C(C#N)c1cccc(Oc2ccccc2)c1. The molecule has 162 valence electrons. The molecule has 8 heteroatoms. The molecular formula is C23H18ClF3NO3-. The molecule has 1 saturated carbocycles. The summed E-state index contributed by atoms with van der Waals surface area (Å²) in [5.41, 5.74) is -2.79. The summed E-state index contributed by atoms with van der Waals surface area (Å²) in [5, 5.41) is 20.7. The predicted molar refractivity (Wildman–Crippen MR) is 106 cm³/mol. The van der Waals surface area contributed by atoms with E-state index < -0.39 is 39.8 Å². The molecule has 0 heterocycles. The predicted octanol–water partition coefficient (Wildman–Crippen LogP) is 5.16. The summed E-state index contributed by atoms with van der Waals surface area (Å²) in [6, 6.07) is 17.0. The first-order valence-corrected chi connectivity index (χ1v) is 9.72. The highest BCUT2D eigenvalue weighted by Crippen LogP contribution is 2.75. The highest BCUT2D eigenvalue weighted by Gasteiger charge is 2.75. The second-order valence-electron chi connectivity index (χ2n) is 7.92. The smallest absolute Gasteiger partial charge is 0.426 e. The van der Waals surface area contributed by atoms with Crippen LogP contribution in [0, 0.1) is 28.1 Å². The number of nitriles is 1. The van der Waals surface area contributed by atoms with Crippen LogP contribution in [0.15, 0.2) is 65.7 Å². The Labute approximate surface area is 182 Å². The van der Waals surface area contributed by atoms with E-state index in [1.165, 1.54) is 26.0 Å². The molecule has 0 aromatic heterocycles. The van der Waals surface area contributed by atoms with Crippen molar-refractivity contribution >= 4 is 17.6 Å². The summed E-state index contributed by atoms with van der Waals surface area (Å²) in [5.74, 6) is -3.15. The van der Waals surface area contributed by atoms with Crippen LogP contribution < -0.4 is 9.84 Å². The van der Waals surface area contributed by atoms with Crippen molar-refractivity contribution in [3.63, 3.8) is 0 Å². The third-order valence-corrected chi connectivity index (χ3v) is 6.27. The van der Waals surface area contributed by atoms with Crippen LogP contribution in [-0.4, -0.2) is 12.1 Å². The quantitative estimate of drug-likeness (QED) is 0.611. The summed E-state index contributed by atoms with van der Waals surface area (Å²) in [4.78, 5) is 12.2. The average molecular weight is 449 g/mol. The number of ether oxygens (including phenoxy) is 1. The van der Waals surface area contributed by atoms with Gasteiger partial charge in [0.2, 0.25) is 0 Å². The van der Waals surface area contributed by atoms with Crippen LogP contribution in [0.5, 0.6) is 11.5 Å². The number of para-hydroxylation sites is 1. The molecule has 1 aliphatic carbocycles. The molecule has 3 atom stereocenters. The lowest BCUT2D eigenvalue weighted by Crippen LogP contribution is -2.40. The first-order chi connectivity index (χ1) is 14.5. The Balaban J connectivity index is 2.03. The molecule has 0 radical (unpaired) electrons. The number of nitrogens with zero attached hydrogens (tertiary/aromatic N) is 1. The van der Waals surface area contributed by atoms with Gasteiger partial charge in [0.05, 0.1) is 18.0 Å². The number of halogens is 4. The van der Waals surface area contributed by atoms with Crippen molar-refractivity contribution in [2.75, 3.05) is 0 Å². The van der Waals surface area contributed by atoms with Crippen LogP contribution in [0.1, 0.15) is 25.3 Å². The Morgan fingerprint density at radius 1 is 1.19 bits per heavy atom. The van der Waals surface area contributed by atoms with Gasteiger partial charge in [-0.05, 0) is 41.2 Å². The van der Waals surface area contributed by atoms with Gasteiger partial charge in [0, 0.05) is 5.41 Å². The minimum Gasteiger partial charge on any atom is -0.549 e. The largest absolute Gasteiger partial charge is 0.549 e. The van der Waals surface area contributed by atoms with Crippen LogP contribution in [0.4, 0.5) is 13.2 Å². The molecule has 1 fully saturated rings. The number of carboxylic acid groups (broad SMARTS) is 1. The number of rotatable bonds is 6. The Bertz CT molecular complexity index is 1060. The van der Waals surface area contributed by atoms with Gasteiger partial charge in [-0.2, -0.15) is 18.4 Å². The fourth-order valence-electron chi connectivity index (χ4n) is 4.30. The van der Waals surface area contributed by atoms with Crippen LogP contribution in [0.2, 0.25) is 0 Å². The molecule has 1 aliphatic rings. The van der Waals surface area contributed by atoms with E-state index in [4.69, 9.17) is 16.3 Å². The first kappa shape index (κ1) is 22.7. The maximum Gasteiger partial charge on any atom is 0.426 e. The van der Waals surface area contributed by atoms with E-state index in [0.717, 1.165) is 0 Å². The van der Waals surface area contributed by atoms with Crippen molar-refractivity contribution in [3.8, 4) is 17.6 Å². The zero-order valence-corrected chi connectivity index (χ0v) is 17.4. The van der Waals surface area contributed by atoms with Crippen molar-refractivity contribution in [2.24, 2.45) is 16.7 Å². The molecule has 3 rings (SSSR count). The van der Waals surface area contributed by atoms with Gasteiger partial charge in [0.15, 0.2) is 0 Å². The van der Waals surface area contributed by atoms with E-state index in [1.54, 1.807) is 36.4 Å². The number of benzene rings is 2. The third kappa shape index (κ3) is 3.88. The van der Waals surface area contributed by atoms with Crippen LogP contribution in [0.25, 0.3) is 0 Å². The van der Waals surface area contributed by atoms with E-state index >= 15 is 0 Å². The maximum atomic E-state index is 13.0. The number of hydrogen-bond donors (Lipinski definition) is 0. The van der Waals surface area contributed by atoms with E-state index in [0.29, 0.717) is 23.1 Å². The Morgan fingerprint density at radius 2 is 1.81 bits per heavy atom. The molecule has 2 aromatic carbocycles. The average Bonchev–Trinajstić information content (AvgIpc) is 3.18. The van der Waals surface area contributed by atoms with E-state index in [9.17, 15) is 28.3 Å². The van der Waals surface area contributed by atoms with Gasteiger partial charge < -0.3 is 14.6 Å². The summed E-state index contributed by atoms with van der Waals surface area (Å²) < 4.78 is 44.6. The van der Waals surface area contributed by atoms with Gasteiger partial charge in [0.1, 0.15) is 16.5 Å². The van der Waals surface area contributed by atoms with Crippen molar-refractivity contribution in [2.45, 2.75) is 25.9 Å². The van der Waals surface area contributed by atoms with Crippen molar-refractivity contribution in [3.05, 3.63) is 71.3 Å². The molecule has 0 N–H and O–H groups in total. The van der Waals surface area contributed by atoms with Crippen molar-refractivity contribution in [1.29, 1.82) is 5.26 Å². The number of alkyl halides is 3. The monoisotopic (exact) mass is 448 g/mol. The summed E-state index contributed by atoms with van der Waals surface area (Å²) in [6.45, 7) is 2.97. The maximum absolute atomic E-state index is 13.0. The third-order valence-electron chi connectivity index (χ3n) is 5.93. The minimum absolute atomic E-state index is 0.298. The fourth-order valence-corrected chi connectivity index (χ4v) is 4.43. The number of carboxylic acids is 1. The highest BCUT2D eigenvalue weighted by atomic mass is 35.5. The van der Waals surface area contributed by atoms with Gasteiger partial charge in [-0.3, -0.25) is 0 Å². The molecule has 0 amide bonds. The normalized spacial score (nSPS) is 23.5. The van der Waals surface area contributed by atoms with Gasteiger partial charge in [-0.1, -0.05) is 61.9 Å². The standard InChI is InChI=1S/C23H19ClF3NO3/c1-21(2)18(12-19(24)23(25,26)27)22(21,20(29)30)17(13-28)14-7-6-10-16(11-14)31-15-8-4-3-5-9-15/h3-12,17-18H,1-2H3,(H,29,30)/p-1/b19-12-. The highest BCUT2D eigenvalue weighted by molar-refractivity contribution is 6.30. The molecule has 2 aromatic rings. The first-order valence-electron chi connectivity index (χ1n) is 9.34.